The zero-order chi connectivity index (χ0) is 10.8. The predicted molar refractivity (Wildman–Crippen MR) is 55.3 cm³/mol. The molecule has 0 aliphatic carbocycles. The highest BCUT2D eigenvalue weighted by atomic mass is 16.4. The summed E-state index contributed by atoms with van der Waals surface area (Å²) < 4.78 is 0. The van der Waals surface area contributed by atoms with Crippen LogP contribution in [0, 0.1) is 0 Å². The van der Waals surface area contributed by atoms with E-state index in [9.17, 15) is 9.59 Å². The number of Topliss-reactive ketones (excluding diaryl/α,β-unsaturated/α-hetero) is 1. The molecule has 0 saturated carbocycles. The topological polar surface area (TPSA) is 54.4 Å². The van der Waals surface area contributed by atoms with Crippen LogP contribution in [-0.2, 0) is 9.59 Å². The van der Waals surface area contributed by atoms with Crippen LogP contribution in [0.25, 0.3) is 0 Å². The molecule has 0 saturated heterocycles. The van der Waals surface area contributed by atoms with Gasteiger partial charge >= 0.3 is 5.97 Å². The van der Waals surface area contributed by atoms with Crippen molar-refractivity contribution in [3.05, 3.63) is 0 Å². The van der Waals surface area contributed by atoms with Gasteiger partial charge in [-0.25, -0.2) is 0 Å². The zero-order valence-electron chi connectivity index (χ0n) is 8.92. The Kier molecular flexibility index (Phi) is 8.19. The summed E-state index contributed by atoms with van der Waals surface area (Å²) in [5, 5.41) is 8.38. The average molecular weight is 200 g/mol. The molecule has 3 heteroatoms. The van der Waals surface area contributed by atoms with Crippen molar-refractivity contribution in [2.75, 3.05) is 0 Å². The molecule has 82 valence electrons. The number of carboxylic acids is 1. The third-order valence-corrected chi connectivity index (χ3v) is 2.17. The van der Waals surface area contributed by atoms with Crippen LogP contribution >= 0.6 is 0 Å². The molecule has 0 aromatic rings. The van der Waals surface area contributed by atoms with Gasteiger partial charge in [0.1, 0.15) is 5.78 Å². The van der Waals surface area contributed by atoms with Crippen LogP contribution in [0.1, 0.15) is 58.3 Å². The molecule has 0 unspecified atom stereocenters. The van der Waals surface area contributed by atoms with Crippen LogP contribution in [0.2, 0.25) is 0 Å². The summed E-state index contributed by atoms with van der Waals surface area (Å²) >= 11 is 0. The van der Waals surface area contributed by atoms with Crippen LogP contribution in [0.15, 0.2) is 0 Å². The number of carbonyl (C=O) groups is 2. The van der Waals surface area contributed by atoms with Crippen molar-refractivity contribution >= 4 is 11.8 Å². The number of rotatable bonds is 9. The molecule has 0 radical (unpaired) electrons. The Bertz CT molecular complexity index is 155. The summed E-state index contributed by atoms with van der Waals surface area (Å²) in [4.78, 5) is 20.8. The fourth-order valence-corrected chi connectivity index (χ4v) is 1.36. The van der Waals surface area contributed by atoms with Crippen molar-refractivity contribution in [3.63, 3.8) is 0 Å². The summed E-state index contributed by atoms with van der Waals surface area (Å²) in [6.45, 7) is 1.62. The summed E-state index contributed by atoms with van der Waals surface area (Å²) in [6, 6.07) is 0. The van der Waals surface area contributed by atoms with Gasteiger partial charge in [-0.15, -0.1) is 0 Å². The molecule has 0 aliphatic rings. The van der Waals surface area contributed by atoms with Gasteiger partial charge in [0, 0.05) is 12.8 Å². The molecular weight excluding hydrogens is 180 g/mol. The molecule has 0 bridgehead atoms. The molecule has 0 aliphatic heterocycles. The Morgan fingerprint density at radius 3 is 1.71 bits per heavy atom. The van der Waals surface area contributed by atoms with E-state index < -0.39 is 5.97 Å². The summed E-state index contributed by atoms with van der Waals surface area (Å²) in [5.41, 5.74) is 0. The minimum absolute atomic E-state index is 0.260. The monoisotopic (exact) mass is 200 g/mol. The third-order valence-electron chi connectivity index (χ3n) is 2.17. The van der Waals surface area contributed by atoms with Gasteiger partial charge in [-0.1, -0.05) is 25.7 Å². The molecule has 1 N–H and O–H groups in total. The quantitative estimate of drug-likeness (QED) is 0.582. The van der Waals surface area contributed by atoms with Crippen molar-refractivity contribution in [3.8, 4) is 0 Å². The fraction of sp³-hybridized carbons (Fsp3) is 0.818. The summed E-state index contributed by atoms with van der Waals surface area (Å²) in [5.74, 6) is -0.447. The van der Waals surface area contributed by atoms with Gasteiger partial charge in [0.15, 0.2) is 0 Å². The van der Waals surface area contributed by atoms with Gasteiger partial charge in [-0.2, -0.15) is 0 Å². The van der Waals surface area contributed by atoms with E-state index in [1.54, 1.807) is 6.92 Å². The normalized spacial score (nSPS) is 10.1. The van der Waals surface area contributed by atoms with Crippen molar-refractivity contribution in [2.24, 2.45) is 0 Å². The SMILES string of the molecule is CC(=O)CCCCCCCCC(=O)O. The van der Waals surface area contributed by atoms with Crippen LogP contribution in [0.3, 0.4) is 0 Å². The molecule has 3 nitrogen and oxygen atoms in total. The maximum atomic E-state index is 10.6. The van der Waals surface area contributed by atoms with Crippen LogP contribution < -0.4 is 0 Å². The fourth-order valence-electron chi connectivity index (χ4n) is 1.36. The molecule has 0 atom stereocenters. The van der Waals surface area contributed by atoms with E-state index in [0.717, 1.165) is 38.5 Å². The van der Waals surface area contributed by atoms with E-state index in [-0.39, 0.29) is 12.2 Å². The van der Waals surface area contributed by atoms with Crippen molar-refractivity contribution < 1.29 is 14.7 Å². The minimum atomic E-state index is -0.707. The van der Waals surface area contributed by atoms with Crippen LogP contribution in [0.5, 0.6) is 0 Å². The molecule has 14 heavy (non-hydrogen) atoms. The lowest BCUT2D eigenvalue weighted by molar-refractivity contribution is -0.137. The van der Waals surface area contributed by atoms with Gasteiger partial charge in [0.25, 0.3) is 0 Å². The number of carbonyl (C=O) groups excluding carboxylic acids is 1. The van der Waals surface area contributed by atoms with E-state index >= 15 is 0 Å². The Hall–Kier alpha value is -0.860. The zero-order valence-corrected chi connectivity index (χ0v) is 8.92. The molecule has 0 spiro atoms. The Balaban J connectivity index is 2.99. The second kappa shape index (κ2) is 8.73. The molecule has 0 aromatic carbocycles. The summed E-state index contributed by atoms with van der Waals surface area (Å²) in [7, 11) is 0. The molecule has 0 amide bonds. The molecular formula is C11H20O3. The first-order valence-corrected chi connectivity index (χ1v) is 5.34. The average Bonchev–Trinajstić information content (AvgIpc) is 2.08. The largest absolute Gasteiger partial charge is 0.481 e. The van der Waals surface area contributed by atoms with Gasteiger partial charge in [-0.05, 0) is 19.8 Å². The molecule has 0 aromatic heterocycles. The second-order valence-electron chi connectivity index (χ2n) is 3.72. The van der Waals surface area contributed by atoms with E-state index in [0.29, 0.717) is 6.42 Å². The highest BCUT2D eigenvalue weighted by Crippen LogP contribution is 2.08. The first-order valence-electron chi connectivity index (χ1n) is 5.34. The highest BCUT2D eigenvalue weighted by molar-refractivity contribution is 5.75. The summed E-state index contributed by atoms with van der Waals surface area (Å²) in [6.07, 6.45) is 7.02. The van der Waals surface area contributed by atoms with Crippen molar-refractivity contribution in [1.29, 1.82) is 0 Å². The maximum Gasteiger partial charge on any atom is 0.303 e. The van der Waals surface area contributed by atoms with Crippen LogP contribution in [0.4, 0.5) is 0 Å². The molecule has 0 heterocycles. The molecule has 0 fully saturated rings. The van der Waals surface area contributed by atoms with Gasteiger partial charge in [-0.3, -0.25) is 4.79 Å². The van der Waals surface area contributed by atoms with E-state index in [4.69, 9.17) is 5.11 Å². The van der Waals surface area contributed by atoms with Gasteiger partial charge in [0.05, 0.1) is 0 Å². The standard InChI is InChI=1S/C11H20O3/c1-10(12)8-6-4-2-3-5-7-9-11(13)14/h2-9H2,1H3,(H,13,14). The predicted octanol–water partition coefficient (Wildman–Crippen LogP) is 2.78. The second-order valence-corrected chi connectivity index (χ2v) is 3.72. The lowest BCUT2D eigenvalue weighted by Crippen LogP contribution is -1.93. The number of carboxylic acid groups (broad SMARTS) is 1. The van der Waals surface area contributed by atoms with E-state index in [1.807, 2.05) is 0 Å². The Morgan fingerprint density at radius 1 is 0.857 bits per heavy atom. The Labute approximate surface area is 85.5 Å². The lowest BCUT2D eigenvalue weighted by atomic mass is 10.1. The van der Waals surface area contributed by atoms with Crippen LogP contribution in [-0.4, -0.2) is 16.9 Å². The smallest absolute Gasteiger partial charge is 0.303 e. The van der Waals surface area contributed by atoms with Crippen molar-refractivity contribution in [1.82, 2.24) is 0 Å². The van der Waals surface area contributed by atoms with Gasteiger partial charge in [0.2, 0.25) is 0 Å². The first-order chi connectivity index (χ1) is 6.63. The number of ketones is 1. The number of hydrogen-bond acceptors (Lipinski definition) is 2. The highest BCUT2D eigenvalue weighted by Gasteiger charge is 1.97. The number of unbranched alkanes of at least 4 members (excludes halogenated alkanes) is 5. The first kappa shape index (κ1) is 13.1. The maximum absolute atomic E-state index is 10.6. The minimum Gasteiger partial charge on any atom is -0.481 e. The lowest BCUT2D eigenvalue weighted by Gasteiger charge is -1.99. The van der Waals surface area contributed by atoms with Crippen molar-refractivity contribution in [2.45, 2.75) is 58.3 Å². The van der Waals surface area contributed by atoms with Gasteiger partial charge < -0.3 is 9.90 Å². The molecule has 0 rings (SSSR count). The number of hydrogen-bond donors (Lipinski definition) is 1. The van der Waals surface area contributed by atoms with E-state index in [1.165, 1.54) is 0 Å². The number of aliphatic carboxylic acids is 1. The third kappa shape index (κ3) is 11.1. The van der Waals surface area contributed by atoms with E-state index in [2.05, 4.69) is 0 Å². The Morgan fingerprint density at radius 2 is 1.29 bits per heavy atom.